The van der Waals surface area contributed by atoms with E-state index in [4.69, 9.17) is 13.9 Å². The maximum atomic E-state index is 12.0. The van der Waals surface area contributed by atoms with E-state index in [0.717, 1.165) is 0 Å². The minimum Gasteiger partial charge on any atom is -0.491 e. The maximum absolute atomic E-state index is 12.0. The van der Waals surface area contributed by atoms with E-state index in [2.05, 4.69) is 39.2 Å². The van der Waals surface area contributed by atoms with Gasteiger partial charge in [-0.05, 0) is 51.9 Å². The fourth-order valence-electron chi connectivity index (χ4n) is 2.56. The molecule has 0 unspecified atom stereocenters. The van der Waals surface area contributed by atoms with Crippen LogP contribution >= 0.6 is 0 Å². The predicted octanol–water partition coefficient (Wildman–Crippen LogP) is 4.39. The Morgan fingerprint density at radius 1 is 1.06 bits per heavy atom. The first-order chi connectivity index (χ1) is 14.0. The van der Waals surface area contributed by atoms with Crippen molar-refractivity contribution in [3.05, 3.63) is 29.8 Å². The molecule has 0 radical (unpaired) electrons. The minimum atomic E-state index is -1.87. The first kappa shape index (κ1) is 27.4. The normalized spacial score (nSPS) is 15.7. The molecule has 0 spiro atoms. The number of rotatable bonds is 9. The summed E-state index contributed by atoms with van der Waals surface area (Å²) in [4.78, 5) is 12.0. The molecule has 8 heteroatoms. The van der Waals surface area contributed by atoms with Gasteiger partial charge in [0.1, 0.15) is 30.2 Å². The van der Waals surface area contributed by atoms with Crippen molar-refractivity contribution in [1.82, 2.24) is 5.32 Å². The van der Waals surface area contributed by atoms with Crippen molar-refractivity contribution in [2.45, 2.75) is 90.4 Å². The van der Waals surface area contributed by atoms with Gasteiger partial charge in [0.15, 0.2) is 8.32 Å². The standard InChI is InChI=1S/C23H41NO6Si/c1-16(24-21(27)30-22(2,3)4)19(25)20(26)17-12-10-11-13-18(17)28-14-15-29-31(8,9)23(5,6)7/h10-13,16,19-20,25-26H,14-15H2,1-9H3,(H,24,27)/t16-,19-,20-/m1/s1. The van der Waals surface area contributed by atoms with Crippen LogP contribution in [0.25, 0.3) is 0 Å². The lowest BCUT2D eigenvalue weighted by atomic mass is 9.99. The summed E-state index contributed by atoms with van der Waals surface area (Å²) in [5.41, 5.74) is -0.208. The second kappa shape index (κ2) is 10.8. The second-order valence-electron chi connectivity index (χ2n) is 10.4. The Morgan fingerprint density at radius 3 is 2.19 bits per heavy atom. The number of alkyl carbamates (subject to hydrolysis) is 1. The van der Waals surface area contributed by atoms with Crippen LogP contribution in [-0.2, 0) is 9.16 Å². The summed E-state index contributed by atoms with van der Waals surface area (Å²) in [6.45, 7) is 18.5. The van der Waals surface area contributed by atoms with Gasteiger partial charge in [0.2, 0.25) is 0 Å². The smallest absolute Gasteiger partial charge is 0.407 e. The summed E-state index contributed by atoms with van der Waals surface area (Å²) in [5, 5.41) is 24.0. The van der Waals surface area contributed by atoms with E-state index in [0.29, 0.717) is 24.5 Å². The Balaban J connectivity index is 2.73. The number of benzene rings is 1. The lowest BCUT2D eigenvalue weighted by molar-refractivity contribution is -0.00791. The van der Waals surface area contributed by atoms with Gasteiger partial charge in [-0.1, -0.05) is 39.0 Å². The molecule has 0 aliphatic carbocycles. The van der Waals surface area contributed by atoms with Crippen molar-refractivity contribution in [2.75, 3.05) is 13.2 Å². The van der Waals surface area contributed by atoms with Crippen LogP contribution in [0.1, 0.15) is 60.1 Å². The SMILES string of the molecule is C[C@@H](NC(=O)OC(C)(C)C)[C@@H](O)[C@H](O)c1ccccc1OCCO[Si](C)(C)C(C)(C)C. The highest BCUT2D eigenvalue weighted by molar-refractivity contribution is 6.74. The van der Waals surface area contributed by atoms with Crippen molar-refractivity contribution in [3.63, 3.8) is 0 Å². The molecule has 1 aromatic rings. The van der Waals surface area contributed by atoms with Crippen molar-refractivity contribution in [2.24, 2.45) is 0 Å². The Hall–Kier alpha value is -1.61. The number of ether oxygens (including phenoxy) is 2. The number of amides is 1. The van der Waals surface area contributed by atoms with E-state index in [-0.39, 0.29) is 5.04 Å². The Bertz CT molecular complexity index is 711. The van der Waals surface area contributed by atoms with Crippen molar-refractivity contribution in [1.29, 1.82) is 0 Å². The van der Waals surface area contributed by atoms with Crippen LogP contribution in [-0.4, -0.2) is 55.6 Å². The number of carbonyl (C=O) groups is 1. The van der Waals surface area contributed by atoms with Gasteiger partial charge in [0.25, 0.3) is 0 Å². The fraction of sp³-hybridized carbons (Fsp3) is 0.696. The number of hydrogen-bond acceptors (Lipinski definition) is 6. The zero-order valence-corrected chi connectivity index (χ0v) is 21.5. The highest BCUT2D eigenvalue weighted by Gasteiger charge is 2.37. The Morgan fingerprint density at radius 2 is 1.65 bits per heavy atom. The third-order valence-corrected chi connectivity index (χ3v) is 9.97. The third-order valence-electron chi connectivity index (χ3n) is 5.43. The molecule has 7 nitrogen and oxygen atoms in total. The van der Waals surface area contributed by atoms with Gasteiger partial charge in [-0.15, -0.1) is 0 Å². The highest BCUT2D eigenvalue weighted by atomic mass is 28.4. The minimum absolute atomic E-state index is 0.114. The van der Waals surface area contributed by atoms with Crippen LogP contribution < -0.4 is 10.1 Å². The third kappa shape index (κ3) is 8.80. The quantitative estimate of drug-likeness (QED) is 0.377. The first-order valence-electron chi connectivity index (χ1n) is 10.8. The molecule has 0 fully saturated rings. The molecular formula is C23H41NO6Si. The van der Waals surface area contributed by atoms with Gasteiger partial charge >= 0.3 is 6.09 Å². The zero-order chi connectivity index (χ0) is 24.0. The number of nitrogens with one attached hydrogen (secondary N) is 1. The van der Waals surface area contributed by atoms with Gasteiger partial charge in [-0.2, -0.15) is 0 Å². The fourth-order valence-corrected chi connectivity index (χ4v) is 3.58. The summed E-state index contributed by atoms with van der Waals surface area (Å²) in [6, 6.07) is 6.26. The average Bonchev–Trinajstić information content (AvgIpc) is 2.61. The monoisotopic (exact) mass is 455 g/mol. The first-order valence-corrected chi connectivity index (χ1v) is 13.7. The molecule has 1 aromatic carbocycles. The van der Waals surface area contributed by atoms with E-state index in [1.807, 2.05) is 0 Å². The van der Waals surface area contributed by atoms with Gasteiger partial charge < -0.3 is 29.4 Å². The molecule has 31 heavy (non-hydrogen) atoms. The Labute approximate surface area is 188 Å². The molecular weight excluding hydrogens is 414 g/mol. The van der Waals surface area contributed by atoms with Crippen LogP contribution in [0.15, 0.2) is 24.3 Å². The van der Waals surface area contributed by atoms with Crippen molar-refractivity contribution < 1.29 is 28.9 Å². The number of para-hydroxylation sites is 1. The number of hydrogen-bond donors (Lipinski definition) is 3. The molecule has 1 rings (SSSR count). The Kier molecular flexibility index (Phi) is 9.56. The highest BCUT2D eigenvalue weighted by Crippen LogP contribution is 2.36. The molecule has 0 aliphatic rings. The molecule has 0 heterocycles. The van der Waals surface area contributed by atoms with Gasteiger partial charge in [0, 0.05) is 5.56 Å². The lowest BCUT2D eigenvalue weighted by Crippen LogP contribution is -2.45. The molecule has 0 saturated heterocycles. The molecule has 1 amide bonds. The van der Waals surface area contributed by atoms with Crippen LogP contribution in [0.2, 0.25) is 18.1 Å². The predicted molar refractivity (Wildman–Crippen MR) is 125 cm³/mol. The summed E-state index contributed by atoms with van der Waals surface area (Å²) < 4.78 is 17.2. The largest absolute Gasteiger partial charge is 0.491 e. The van der Waals surface area contributed by atoms with E-state index in [1.165, 1.54) is 0 Å². The molecule has 3 atom stereocenters. The van der Waals surface area contributed by atoms with Crippen molar-refractivity contribution in [3.8, 4) is 5.75 Å². The zero-order valence-electron chi connectivity index (χ0n) is 20.5. The molecule has 0 aromatic heterocycles. The van der Waals surface area contributed by atoms with Crippen LogP contribution in [0, 0.1) is 0 Å². The van der Waals surface area contributed by atoms with E-state index in [1.54, 1.807) is 52.0 Å². The second-order valence-corrected chi connectivity index (χ2v) is 15.2. The van der Waals surface area contributed by atoms with E-state index in [9.17, 15) is 15.0 Å². The number of carbonyl (C=O) groups excluding carboxylic acids is 1. The lowest BCUT2D eigenvalue weighted by Gasteiger charge is -2.36. The number of aliphatic hydroxyl groups excluding tert-OH is 2. The van der Waals surface area contributed by atoms with Crippen LogP contribution in [0.4, 0.5) is 4.79 Å². The molecule has 3 N–H and O–H groups in total. The topological polar surface area (TPSA) is 97.3 Å². The van der Waals surface area contributed by atoms with Gasteiger partial charge in [-0.3, -0.25) is 0 Å². The van der Waals surface area contributed by atoms with Crippen LogP contribution in [0.5, 0.6) is 5.75 Å². The molecule has 0 bridgehead atoms. The van der Waals surface area contributed by atoms with Crippen molar-refractivity contribution >= 4 is 14.4 Å². The van der Waals surface area contributed by atoms with E-state index >= 15 is 0 Å². The summed E-state index contributed by atoms with van der Waals surface area (Å²) in [6.07, 6.45) is -3.15. The van der Waals surface area contributed by atoms with E-state index < -0.39 is 38.3 Å². The van der Waals surface area contributed by atoms with Gasteiger partial charge in [-0.25, -0.2) is 4.79 Å². The van der Waals surface area contributed by atoms with Gasteiger partial charge in [0.05, 0.1) is 12.6 Å². The van der Waals surface area contributed by atoms with Crippen LogP contribution in [0.3, 0.4) is 0 Å². The average molecular weight is 456 g/mol. The number of aliphatic hydroxyl groups is 2. The summed E-state index contributed by atoms with van der Waals surface area (Å²) in [7, 11) is -1.87. The maximum Gasteiger partial charge on any atom is 0.407 e. The summed E-state index contributed by atoms with van der Waals surface area (Å²) >= 11 is 0. The molecule has 178 valence electrons. The molecule has 0 saturated carbocycles. The summed E-state index contributed by atoms with van der Waals surface area (Å²) in [5.74, 6) is 0.470. The molecule has 0 aliphatic heterocycles.